The fraction of sp³-hybridized carbons (Fsp3) is 0.571. The molecule has 22 heavy (non-hydrogen) atoms. The van der Waals surface area contributed by atoms with E-state index in [-0.39, 0.29) is 12.5 Å². The lowest BCUT2D eigenvalue weighted by Gasteiger charge is -2.19. The van der Waals surface area contributed by atoms with Crippen molar-refractivity contribution < 1.29 is 9.32 Å². The molecule has 2 aromatic heterocycles. The minimum Gasteiger partial charge on any atom is -0.384 e. The Bertz CT molecular complexity index is 673. The van der Waals surface area contributed by atoms with Gasteiger partial charge in [0.25, 0.3) is 0 Å². The first-order valence-corrected chi connectivity index (χ1v) is 7.47. The largest absolute Gasteiger partial charge is 0.384 e. The predicted octanol–water partition coefficient (Wildman–Crippen LogP) is 1.08. The Morgan fingerprint density at radius 3 is 2.91 bits per heavy atom. The smallest absolute Gasteiger partial charge is 0.244 e. The van der Waals surface area contributed by atoms with E-state index in [1.54, 1.807) is 11.0 Å². The fourth-order valence-electron chi connectivity index (χ4n) is 2.30. The van der Waals surface area contributed by atoms with Crippen molar-refractivity contribution in [2.75, 3.05) is 12.3 Å². The third kappa shape index (κ3) is 3.10. The molecular weight excluding hydrogens is 284 g/mol. The molecule has 118 valence electrons. The lowest BCUT2D eigenvalue weighted by Crippen LogP contribution is -2.34. The highest BCUT2D eigenvalue weighted by atomic mass is 16.5. The standard InChI is InChI=1S/C14H20N6O2/c1-3-19(7-12-16-14(22-18-12)10-4-5-10)13(21)8-20-11(15)6-9(2)17-20/h6,10H,3-5,7-8,15H2,1-2H3. The first-order chi connectivity index (χ1) is 10.6. The van der Waals surface area contributed by atoms with Gasteiger partial charge in [0.1, 0.15) is 12.4 Å². The number of carbonyl (C=O) groups excluding carboxylic acids is 1. The first-order valence-electron chi connectivity index (χ1n) is 7.47. The van der Waals surface area contributed by atoms with Crippen LogP contribution in [0, 0.1) is 6.92 Å². The summed E-state index contributed by atoms with van der Waals surface area (Å²) in [5, 5.41) is 8.15. The molecule has 0 atom stereocenters. The molecule has 0 radical (unpaired) electrons. The summed E-state index contributed by atoms with van der Waals surface area (Å²) in [4.78, 5) is 18.4. The van der Waals surface area contributed by atoms with Crippen molar-refractivity contribution in [3.8, 4) is 0 Å². The Hall–Kier alpha value is -2.38. The van der Waals surface area contributed by atoms with Crippen LogP contribution in [0.25, 0.3) is 0 Å². The maximum absolute atomic E-state index is 12.4. The quantitative estimate of drug-likeness (QED) is 0.856. The van der Waals surface area contributed by atoms with Crippen molar-refractivity contribution >= 4 is 11.7 Å². The van der Waals surface area contributed by atoms with Gasteiger partial charge in [-0.3, -0.25) is 4.79 Å². The van der Waals surface area contributed by atoms with E-state index in [4.69, 9.17) is 10.3 Å². The number of rotatable bonds is 6. The molecule has 0 aromatic carbocycles. The van der Waals surface area contributed by atoms with Gasteiger partial charge < -0.3 is 15.2 Å². The summed E-state index contributed by atoms with van der Waals surface area (Å²) in [7, 11) is 0. The number of aromatic nitrogens is 4. The van der Waals surface area contributed by atoms with Crippen LogP contribution in [0.4, 0.5) is 5.82 Å². The second-order valence-corrected chi connectivity index (χ2v) is 5.60. The van der Waals surface area contributed by atoms with Gasteiger partial charge in [0.2, 0.25) is 11.8 Å². The van der Waals surface area contributed by atoms with Gasteiger partial charge in [0, 0.05) is 18.5 Å². The molecule has 0 unspecified atom stereocenters. The monoisotopic (exact) mass is 304 g/mol. The summed E-state index contributed by atoms with van der Waals surface area (Å²) in [5.74, 6) is 2.05. The molecule has 1 fully saturated rings. The normalized spacial score (nSPS) is 14.3. The third-order valence-electron chi connectivity index (χ3n) is 3.70. The van der Waals surface area contributed by atoms with E-state index in [1.807, 2.05) is 13.8 Å². The van der Waals surface area contributed by atoms with Crippen LogP contribution in [0.1, 0.15) is 43.1 Å². The minimum atomic E-state index is -0.0740. The summed E-state index contributed by atoms with van der Waals surface area (Å²) in [6.07, 6.45) is 2.21. The minimum absolute atomic E-state index is 0.0740. The summed E-state index contributed by atoms with van der Waals surface area (Å²) < 4.78 is 6.72. The van der Waals surface area contributed by atoms with Crippen LogP contribution in [0.2, 0.25) is 0 Å². The second kappa shape index (κ2) is 5.78. The molecule has 8 heteroatoms. The average Bonchev–Trinajstić information content (AvgIpc) is 3.14. The Labute approximate surface area is 128 Å². The zero-order chi connectivity index (χ0) is 15.7. The first kappa shape index (κ1) is 14.6. The molecule has 0 bridgehead atoms. The van der Waals surface area contributed by atoms with Gasteiger partial charge in [-0.05, 0) is 26.7 Å². The van der Waals surface area contributed by atoms with Crippen LogP contribution in [-0.2, 0) is 17.9 Å². The van der Waals surface area contributed by atoms with Crippen LogP contribution < -0.4 is 5.73 Å². The number of nitrogens with zero attached hydrogens (tertiary/aromatic N) is 5. The molecule has 2 heterocycles. The van der Waals surface area contributed by atoms with Crippen molar-refractivity contribution in [1.82, 2.24) is 24.8 Å². The number of carbonyl (C=O) groups is 1. The highest BCUT2D eigenvalue weighted by molar-refractivity contribution is 5.76. The van der Waals surface area contributed by atoms with Gasteiger partial charge in [-0.1, -0.05) is 5.16 Å². The van der Waals surface area contributed by atoms with Gasteiger partial charge >= 0.3 is 0 Å². The van der Waals surface area contributed by atoms with E-state index in [9.17, 15) is 4.79 Å². The van der Waals surface area contributed by atoms with Crippen molar-refractivity contribution in [1.29, 1.82) is 0 Å². The summed E-state index contributed by atoms with van der Waals surface area (Å²) >= 11 is 0. The molecule has 1 saturated carbocycles. The van der Waals surface area contributed by atoms with E-state index in [0.717, 1.165) is 18.5 Å². The molecule has 0 saturated heterocycles. The zero-order valence-electron chi connectivity index (χ0n) is 12.8. The summed E-state index contributed by atoms with van der Waals surface area (Å²) in [5.41, 5.74) is 6.61. The van der Waals surface area contributed by atoms with E-state index < -0.39 is 0 Å². The molecule has 2 N–H and O–H groups in total. The lowest BCUT2D eigenvalue weighted by atomic mass is 10.4. The Balaban J connectivity index is 1.64. The van der Waals surface area contributed by atoms with E-state index in [2.05, 4.69) is 15.2 Å². The second-order valence-electron chi connectivity index (χ2n) is 5.60. The summed E-state index contributed by atoms with van der Waals surface area (Å²) in [6.45, 7) is 4.77. The molecule has 1 aliphatic carbocycles. The number of anilines is 1. The Morgan fingerprint density at radius 1 is 1.55 bits per heavy atom. The number of amides is 1. The topological polar surface area (TPSA) is 103 Å². The number of aryl methyl sites for hydroxylation is 1. The van der Waals surface area contributed by atoms with Crippen molar-refractivity contribution in [3.05, 3.63) is 23.5 Å². The number of likely N-dealkylation sites (N-methyl/N-ethyl adjacent to an activating group) is 1. The van der Waals surface area contributed by atoms with Crippen LogP contribution >= 0.6 is 0 Å². The maximum atomic E-state index is 12.4. The Morgan fingerprint density at radius 2 is 2.32 bits per heavy atom. The zero-order valence-corrected chi connectivity index (χ0v) is 12.8. The van der Waals surface area contributed by atoms with Crippen molar-refractivity contribution in [2.24, 2.45) is 0 Å². The highest BCUT2D eigenvalue weighted by Crippen LogP contribution is 2.38. The highest BCUT2D eigenvalue weighted by Gasteiger charge is 2.30. The van der Waals surface area contributed by atoms with Gasteiger partial charge in [0.15, 0.2) is 5.82 Å². The molecule has 8 nitrogen and oxygen atoms in total. The molecule has 0 aliphatic heterocycles. The molecule has 1 amide bonds. The van der Waals surface area contributed by atoms with E-state index >= 15 is 0 Å². The maximum Gasteiger partial charge on any atom is 0.244 e. The predicted molar refractivity (Wildman–Crippen MR) is 78.7 cm³/mol. The third-order valence-corrected chi connectivity index (χ3v) is 3.70. The number of nitrogens with two attached hydrogens (primary N) is 1. The number of hydrogen-bond donors (Lipinski definition) is 1. The van der Waals surface area contributed by atoms with Gasteiger partial charge in [-0.2, -0.15) is 10.1 Å². The van der Waals surface area contributed by atoms with E-state index in [1.165, 1.54) is 4.68 Å². The van der Waals surface area contributed by atoms with E-state index in [0.29, 0.717) is 36.5 Å². The molecular formula is C14H20N6O2. The van der Waals surface area contributed by atoms with Gasteiger partial charge in [-0.25, -0.2) is 4.68 Å². The average molecular weight is 304 g/mol. The van der Waals surface area contributed by atoms with Crippen molar-refractivity contribution in [2.45, 2.75) is 45.7 Å². The number of hydrogen-bond acceptors (Lipinski definition) is 6. The lowest BCUT2D eigenvalue weighted by molar-refractivity contribution is -0.132. The molecule has 1 aliphatic rings. The SMILES string of the molecule is CCN(Cc1noc(C2CC2)n1)C(=O)Cn1nc(C)cc1N. The fourth-order valence-corrected chi connectivity index (χ4v) is 2.30. The molecule has 2 aromatic rings. The number of nitrogen functional groups attached to an aromatic ring is 1. The summed E-state index contributed by atoms with van der Waals surface area (Å²) in [6, 6.07) is 1.74. The van der Waals surface area contributed by atoms with Crippen LogP contribution in [0.5, 0.6) is 0 Å². The van der Waals surface area contributed by atoms with Crippen LogP contribution in [-0.4, -0.2) is 37.3 Å². The molecule has 3 rings (SSSR count). The van der Waals surface area contributed by atoms with Gasteiger partial charge in [0.05, 0.1) is 12.2 Å². The van der Waals surface area contributed by atoms with Crippen LogP contribution in [0.3, 0.4) is 0 Å². The van der Waals surface area contributed by atoms with Crippen molar-refractivity contribution in [3.63, 3.8) is 0 Å². The molecule has 0 spiro atoms. The van der Waals surface area contributed by atoms with Crippen LogP contribution in [0.15, 0.2) is 10.6 Å². The Kier molecular flexibility index (Phi) is 3.82. The van der Waals surface area contributed by atoms with Gasteiger partial charge in [-0.15, -0.1) is 0 Å².